The molecule has 4 heteroatoms. The Hall–Kier alpha value is -2.75. The van der Waals surface area contributed by atoms with Crippen molar-refractivity contribution in [3.63, 3.8) is 0 Å². The van der Waals surface area contributed by atoms with E-state index in [1.165, 1.54) is 0 Å². The van der Waals surface area contributed by atoms with Crippen molar-refractivity contribution in [3.8, 4) is 11.5 Å². The van der Waals surface area contributed by atoms with Crippen molar-refractivity contribution >= 4 is 5.71 Å². The second-order valence-electron chi connectivity index (χ2n) is 4.44. The summed E-state index contributed by atoms with van der Waals surface area (Å²) >= 11 is 0. The predicted molar refractivity (Wildman–Crippen MR) is 82.6 cm³/mol. The van der Waals surface area contributed by atoms with Gasteiger partial charge in [-0.3, -0.25) is 0 Å². The Bertz CT molecular complexity index is 568. The van der Waals surface area contributed by atoms with Crippen LogP contribution in [-0.2, 0) is 4.84 Å². The van der Waals surface area contributed by atoms with Crippen molar-refractivity contribution in [2.24, 2.45) is 5.16 Å². The van der Waals surface area contributed by atoms with E-state index in [0.717, 1.165) is 11.1 Å². The zero-order chi connectivity index (χ0) is 15.1. The van der Waals surface area contributed by atoms with E-state index in [1.54, 1.807) is 54.6 Å². The lowest BCUT2D eigenvalue weighted by atomic mass is 10.0. The fourth-order valence-corrected chi connectivity index (χ4v) is 1.76. The number of hydrogen-bond acceptors (Lipinski definition) is 4. The van der Waals surface area contributed by atoms with Crippen LogP contribution in [0.3, 0.4) is 0 Å². The molecule has 4 nitrogen and oxygen atoms in total. The van der Waals surface area contributed by atoms with Crippen molar-refractivity contribution in [1.82, 2.24) is 0 Å². The smallest absolute Gasteiger partial charge is 0.120 e. The van der Waals surface area contributed by atoms with E-state index in [1.807, 2.05) is 0 Å². The molecule has 0 heterocycles. The van der Waals surface area contributed by atoms with E-state index in [4.69, 9.17) is 4.84 Å². The predicted octanol–water partition coefficient (Wildman–Crippen LogP) is 3.44. The van der Waals surface area contributed by atoms with E-state index in [2.05, 4.69) is 11.7 Å². The Labute approximate surface area is 123 Å². The lowest BCUT2D eigenvalue weighted by Gasteiger charge is -2.08. The van der Waals surface area contributed by atoms with Crippen molar-refractivity contribution < 1.29 is 15.1 Å². The molecule has 0 saturated heterocycles. The molecular weight excluding hydrogens is 266 g/mol. The van der Waals surface area contributed by atoms with Crippen LogP contribution in [0.15, 0.2) is 66.3 Å². The van der Waals surface area contributed by atoms with Gasteiger partial charge in [-0.25, -0.2) is 0 Å². The number of oxime groups is 1. The monoisotopic (exact) mass is 283 g/mol. The lowest BCUT2D eigenvalue weighted by Crippen LogP contribution is -2.04. The second kappa shape index (κ2) is 7.14. The molecule has 0 fully saturated rings. The van der Waals surface area contributed by atoms with Crippen LogP contribution >= 0.6 is 0 Å². The van der Waals surface area contributed by atoms with Gasteiger partial charge in [-0.2, -0.15) is 0 Å². The van der Waals surface area contributed by atoms with Crippen LogP contribution in [-0.4, -0.2) is 22.5 Å². The van der Waals surface area contributed by atoms with Crippen LogP contribution in [0.1, 0.15) is 17.5 Å². The molecule has 21 heavy (non-hydrogen) atoms. The summed E-state index contributed by atoms with van der Waals surface area (Å²) in [5.74, 6) is 0.382. The molecule has 2 rings (SSSR count). The maximum Gasteiger partial charge on any atom is 0.120 e. The molecule has 0 unspecified atom stereocenters. The van der Waals surface area contributed by atoms with Gasteiger partial charge in [-0.15, -0.1) is 6.58 Å². The summed E-state index contributed by atoms with van der Waals surface area (Å²) in [6.45, 7) is 4.08. The van der Waals surface area contributed by atoms with Gasteiger partial charge in [0.1, 0.15) is 23.8 Å². The van der Waals surface area contributed by atoms with Gasteiger partial charge < -0.3 is 15.1 Å². The Kier molecular flexibility index (Phi) is 4.99. The Balaban J connectivity index is 2.31. The summed E-state index contributed by atoms with van der Waals surface area (Å²) in [5, 5.41) is 22.9. The number of rotatable bonds is 6. The van der Waals surface area contributed by atoms with Gasteiger partial charge >= 0.3 is 0 Å². The number of nitrogens with zero attached hydrogens (tertiary/aromatic N) is 1. The largest absolute Gasteiger partial charge is 0.508 e. The minimum absolute atomic E-state index is 0.191. The van der Waals surface area contributed by atoms with E-state index >= 15 is 0 Å². The maximum atomic E-state index is 9.38. The standard InChI is InChI=1S/C17H17NO3/c1-2-3-12-21-18-17(13-4-8-15(19)9-5-13)14-6-10-16(20)11-7-14/h2,4-11,19-20H,1,3,12H2. The molecule has 0 saturated carbocycles. The summed E-state index contributed by atoms with van der Waals surface area (Å²) in [6.07, 6.45) is 2.47. The van der Waals surface area contributed by atoms with Gasteiger partial charge in [-0.05, 0) is 48.5 Å². The van der Waals surface area contributed by atoms with Crippen LogP contribution in [0.2, 0.25) is 0 Å². The van der Waals surface area contributed by atoms with Crippen LogP contribution in [0.4, 0.5) is 0 Å². The van der Waals surface area contributed by atoms with Gasteiger partial charge in [0.2, 0.25) is 0 Å². The van der Waals surface area contributed by atoms with Gasteiger partial charge in [0, 0.05) is 17.5 Å². The minimum Gasteiger partial charge on any atom is -0.508 e. The summed E-state index contributed by atoms with van der Waals surface area (Å²) in [7, 11) is 0. The van der Waals surface area contributed by atoms with Gasteiger partial charge in [0.15, 0.2) is 0 Å². The highest BCUT2D eigenvalue weighted by Crippen LogP contribution is 2.17. The quantitative estimate of drug-likeness (QED) is 0.369. The average Bonchev–Trinajstić information content (AvgIpc) is 2.50. The van der Waals surface area contributed by atoms with E-state index in [9.17, 15) is 10.2 Å². The first kappa shape index (κ1) is 14.7. The van der Waals surface area contributed by atoms with Crippen LogP contribution in [0.5, 0.6) is 11.5 Å². The highest BCUT2D eigenvalue weighted by molar-refractivity contribution is 6.12. The molecule has 2 aromatic carbocycles. The van der Waals surface area contributed by atoms with Crippen molar-refractivity contribution in [3.05, 3.63) is 72.3 Å². The van der Waals surface area contributed by atoms with Gasteiger partial charge in [0.05, 0.1) is 0 Å². The summed E-state index contributed by atoms with van der Waals surface area (Å²) in [4.78, 5) is 5.30. The van der Waals surface area contributed by atoms with Gasteiger partial charge in [-0.1, -0.05) is 11.2 Å². The number of phenolic OH excluding ortho intramolecular Hbond substituents is 2. The van der Waals surface area contributed by atoms with Crippen LogP contribution in [0.25, 0.3) is 0 Å². The second-order valence-corrected chi connectivity index (χ2v) is 4.44. The molecule has 0 amide bonds. The first-order chi connectivity index (χ1) is 10.2. The molecule has 0 aromatic heterocycles. The van der Waals surface area contributed by atoms with E-state index < -0.39 is 0 Å². The third-order valence-electron chi connectivity index (χ3n) is 2.85. The fourth-order valence-electron chi connectivity index (χ4n) is 1.76. The average molecular weight is 283 g/mol. The van der Waals surface area contributed by atoms with Crippen LogP contribution < -0.4 is 0 Å². The maximum absolute atomic E-state index is 9.38. The molecule has 0 atom stereocenters. The molecule has 2 aromatic rings. The molecular formula is C17H17NO3. The number of phenols is 2. The first-order valence-electron chi connectivity index (χ1n) is 6.60. The topological polar surface area (TPSA) is 62.0 Å². The molecule has 0 aliphatic carbocycles. The Morgan fingerprint density at radius 3 is 1.86 bits per heavy atom. The molecule has 0 aliphatic heterocycles. The summed E-state index contributed by atoms with van der Waals surface area (Å²) in [5.41, 5.74) is 2.27. The summed E-state index contributed by atoms with van der Waals surface area (Å²) < 4.78 is 0. The van der Waals surface area contributed by atoms with E-state index in [0.29, 0.717) is 18.7 Å². The van der Waals surface area contributed by atoms with Crippen molar-refractivity contribution in [2.45, 2.75) is 6.42 Å². The molecule has 0 aliphatic rings. The third kappa shape index (κ3) is 4.11. The third-order valence-corrected chi connectivity index (χ3v) is 2.85. The molecule has 0 bridgehead atoms. The highest BCUT2D eigenvalue weighted by atomic mass is 16.6. The van der Waals surface area contributed by atoms with E-state index in [-0.39, 0.29) is 11.5 Å². The SMILES string of the molecule is C=CCCON=C(c1ccc(O)cc1)c1ccc(O)cc1. The number of hydrogen-bond donors (Lipinski definition) is 2. The zero-order valence-corrected chi connectivity index (χ0v) is 11.6. The van der Waals surface area contributed by atoms with Crippen LogP contribution in [0, 0.1) is 0 Å². The number of aromatic hydroxyl groups is 2. The molecule has 108 valence electrons. The lowest BCUT2D eigenvalue weighted by molar-refractivity contribution is 0.149. The fraction of sp³-hybridized carbons (Fsp3) is 0.118. The summed E-state index contributed by atoms with van der Waals surface area (Å²) in [6, 6.07) is 13.4. The Morgan fingerprint density at radius 1 is 0.952 bits per heavy atom. The highest BCUT2D eigenvalue weighted by Gasteiger charge is 2.08. The van der Waals surface area contributed by atoms with Crippen molar-refractivity contribution in [1.29, 1.82) is 0 Å². The van der Waals surface area contributed by atoms with Crippen molar-refractivity contribution in [2.75, 3.05) is 6.61 Å². The minimum atomic E-state index is 0.191. The molecule has 0 radical (unpaired) electrons. The number of benzene rings is 2. The normalized spacial score (nSPS) is 9.90. The zero-order valence-electron chi connectivity index (χ0n) is 11.6. The van der Waals surface area contributed by atoms with Gasteiger partial charge in [0.25, 0.3) is 0 Å². The first-order valence-corrected chi connectivity index (χ1v) is 6.60. The molecule has 0 spiro atoms. The Morgan fingerprint density at radius 2 is 1.43 bits per heavy atom. The molecule has 2 N–H and O–H groups in total.